The van der Waals surface area contributed by atoms with Gasteiger partial charge in [0.05, 0.1) is 6.04 Å². The number of nitriles is 1. The van der Waals surface area contributed by atoms with Gasteiger partial charge in [0.15, 0.2) is 5.82 Å². The SMILES string of the molecule is Cc1noc(C(C)N2CCN(c3ccc(C)c(C#N)n3)CC2)n1. The molecule has 7 nitrogen and oxygen atoms in total. The van der Waals surface area contributed by atoms with Crippen LogP contribution in [0.2, 0.25) is 0 Å². The summed E-state index contributed by atoms with van der Waals surface area (Å²) in [7, 11) is 0. The van der Waals surface area contributed by atoms with Crippen molar-refractivity contribution in [1.82, 2.24) is 20.0 Å². The molecule has 1 atom stereocenters. The molecule has 120 valence electrons. The van der Waals surface area contributed by atoms with E-state index < -0.39 is 0 Å². The first-order chi connectivity index (χ1) is 11.1. The van der Waals surface area contributed by atoms with Crippen molar-refractivity contribution < 1.29 is 4.52 Å². The number of aromatic nitrogens is 3. The summed E-state index contributed by atoms with van der Waals surface area (Å²) in [6.07, 6.45) is 0. The van der Waals surface area contributed by atoms with Crippen LogP contribution in [0.25, 0.3) is 0 Å². The Morgan fingerprint density at radius 2 is 1.91 bits per heavy atom. The number of aryl methyl sites for hydroxylation is 2. The Kier molecular flexibility index (Phi) is 4.26. The lowest BCUT2D eigenvalue weighted by Crippen LogP contribution is -2.47. The van der Waals surface area contributed by atoms with E-state index in [-0.39, 0.29) is 6.04 Å². The molecule has 0 bridgehead atoms. The predicted molar refractivity (Wildman–Crippen MR) is 84.9 cm³/mol. The first kappa shape index (κ1) is 15.4. The van der Waals surface area contributed by atoms with Crippen LogP contribution in [0.5, 0.6) is 0 Å². The second-order valence-electron chi connectivity index (χ2n) is 5.83. The van der Waals surface area contributed by atoms with Gasteiger partial charge in [-0.25, -0.2) is 4.98 Å². The zero-order chi connectivity index (χ0) is 16.4. The van der Waals surface area contributed by atoms with Gasteiger partial charge in [-0.2, -0.15) is 10.2 Å². The number of hydrogen-bond acceptors (Lipinski definition) is 7. The number of rotatable bonds is 3. The molecule has 1 saturated heterocycles. The van der Waals surface area contributed by atoms with E-state index in [1.165, 1.54) is 0 Å². The van der Waals surface area contributed by atoms with Gasteiger partial charge in [0.1, 0.15) is 17.6 Å². The summed E-state index contributed by atoms with van der Waals surface area (Å²) in [4.78, 5) is 13.3. The van der Waals surface area contributed by atoms with Crippen LogP contribution in [0.4, 0.5) is 5.82 Å². The Morgan fingerprint density at radius 3 is 2.52 bits per heavy atom. The molecule has 2 aromatic heterocycles. The molecule has 0 radical (unpaired) electrons. The van der Waals surface area contributed by atoms with Gasteiger partial charge in [-0.3, -0.25) is 4.90 Å². The number of pyridine rings is 1. The second kappa shape index (κ2) is 6.34. The fourth-order valence-corrected chi connectivity index (χ4v) is 2.79. The van der Waals surface area contributed by atoms with Crippen LogP contribution in [-0.4, -0.2) is 46.2 Å². The summed E-state index contributed by atoms with van der Waals surface area (Å²) in [6, 6.07) is 6.20. The average Bonchev–Trinajstić information content (AvgIpc) is 3.01. The third kappa shape index (κ3) is 3.17. The van der Waals surface area contributed by atoms with E-state index >= 15 is 0 Å². The molecule has 3 rings (SSSR count). The topological polar surface area (TPSA) is 82.1 Å². The Labute approximate surface area is 135 Å². The second-order valence-corrected chi connectivity index (χ2v) is 5.83. The van der Waals surface area contributed by atoms with Gasteiger partial charge >= 0.3 is 0 Å². The molecule has 1 unspecified atom stereocenters. The van der Waals surface area contributed by atoms with Crippen LogP contribution in [0, 0.1) is 25.2 Å². The highest BCUT2D eigenvalue weighted by molar-refractivity contribution is 5.45. The van der Waals surface area contributed by atoms with Crippen molar-refractivity contribution >= 4 is 5.82 Å². The normalized spacial score (nSPS) is 17.0. The van der Waals surface area contributed by atoms with Gasteiger partial charge in [-0.15, -0.1) is 0 Å². The van der Waals surface area contributed by atoms with Crippen LogP contribution < -0.4 is 4.90 Å². The zero-order valence-electron chi connectivity index (χ0n) is 13.7. The number of piperazine rings is 1. The minimum absolute atomic E-state index is 0.110. The van der Waals surface area contributed by atoms with Crippen molar-refractivity contribution in [3.05, 3.63) is 35.1 Å². The molecule has 0 amide bonds. The highest BCUT2D eigenvalue weighted by Crippen LogP contribution is 2.22. The van der Waals surface area contributed by atoms with Gasteiger partial charge in [0, 0.05) is 26.2 Å². The number of anilines is 1. The van der Waals surface area contributed by atoms with Crippen molar-refractivity contribution in [3.63, 3.8) is 0 Å². The Morgan fingerprint density at radius 1 is 1.17 bits per heavy atom. The molecule has 1 aliphatic rings. The minimum atomic E-state index is 0.110. The maximum absolute atomic E-state index is 9.12. The molecule has 0 aliphatic carbocycles. The fraction of sp³-hybridized carbons (Fsp3) is 0.500. The van der Waals surface area contributed by atoms with E-state index in [4.69, 9.17) is 9.78 Å². The van der Waals surface area contributed by atoms with E-state index in [1.54, 1.807) is 0 Å². The highest BCUT2D eigenvalue weighted by Gasteiger charge is 2.26. The summed E-state index contributed by atoms with van der Waals surface area (Å²) < 4.78 is 5.27. The molecule has 1 aliphatic heterocycles. The molecule has 23 heavy (non-hydrogen) atoms. The van der Waals surface area contributed by atoms with E-state index in [0.717, 1.165) is 37.6 Å². The Bertz CT molecular complexity index is 726. The van der Waals surface area contributed by atoms with Crippen LogP contribution in [0.1, 0.15) is 35.9 Å². The van der Waals surface area contributed by atoms with E-state index in [1.807, 2.05) is 26.0 Å². The fourth-order valence-electron chi connectivity index (χ4n) is 2.79. The first-order valence-electron chi connectivity index (χ1n) is 7.75. The lowest BCUT2D eigenvalue weighted by Gasteiger charge is -2.37. The molecular formula is C16H20N6O. The van der Waals surface area contributed by atoms with Crippen LogP contribution in [0.15, 0.2) is 16.7 Å². The molecule has 3 heterocycles. The van der Waals surface area contributed by atoms with E-state index in [9.17, 15) is 0 Å². The van der Waals surface area contributed by atoms with E-state index in [2.05, 4.69) is 37.9 Å². The van der Waals surface area contributed by atoms with Crippen molar-refractivity contribution in [2.75, 3.05) is 31.1 Å². The molecular weight excluding hydrogens is 292 g/mol. The molecule has 0 saturated carbocycles. The van der Waals surface area contributed by atoms with Crippen molar-refractivity contribution in [2.24, 2.45) is 0 Å². The largest absolute Gasteiger partial charge is 0.354 e. The maximum atomic E-state index is 9.12. The summed E-state index contributed by atoms with van der Waals surface area (Å²) in [5.41, 5.74) is 1.41. The smallest absolute Gasteiger partial charge is 0.243 e. The van der Waals surface area contributed by atoms with Crippen LogP contribution in [-0.2, 0) is 0 Å². The van der Waals surface area contributed by atoms with Gasteiger partial charge in [-0.05, 0) is 32.4 Å². The average molecular weight is 312 g/mol. The van der Waals surface area contributed by atoms with Crippen molar-refractivity contribution in [1.29, 1.82) is 5.26 Å². The summed E-state index contributed by atoms with van der Waals surface area (Å²) in [6.45, 7) is 9.31. The van der Waals surface area contributed by atoms with Crippen molar-refractivity contribution in [2.45, 2.75) is 26.8 Å². The third-order valence-electron chi connectivity index (χ3n) is 4.27. The van der Waals surface area contributed by atoms with Crippen LogP contribution >= 0.6 is 0 Å². The third-order valence-corrected chi connectivity index (χ3v) is 4.27. The first-order valence-corrected chi connectivity index (χ1v) is 7.75. The quantitative estimate of drug-likeness (QED) is 0.855. The van der Waals surface area contributed by atoms with Crippen molar-refractivity contribution in [3.8, 4) is 6.07 Å². The molecule has 2 aromatic rings. The summed E-state index contributed by atoms with van der Waals surface area (Å²) in [5.74, 6) is 2.20. The number of nitrogens with zero attached hydrogens (tertiary/aromatic N) is 6. The van der Waals surface area contributed by atoms with Gasteiger partial charge in [0.25, 0.3) is 0 Å². The molecule has 0 spiro atoms. The monoisotopic (exact) mass is 312 g/mol. The van der Waals surface area contributed by atoms with E-state index in [0.29, 0.717) is 17.4 Å². The standard InChI is InChI=1S/C16H20N6O/c1-11-4-5-15(19-14(11)10-17)22-8-6-21(7-9-22)12(2)16-18-13(3)20-23-16/h4-5,12H,6-9H2,1-3H3. The zero-order valence-corrected chi connectivity index (χ0v) is 13.7. The molecule has 1 fully saturated rings. The number of hydrogen-bond donors (Lipinski definition) is 0. The van der Waals surface area contributed by atoms with Crippen LogP contribution in [0.3, 0.4) is 0 Å². The lowest BCUT2D eigenvalue weighted by molar-refractivity contribution is 0.164. The maximum Gasteiger partial charge on any atom is 0.243 e. The minimum Gasteiger partial charge on any atom is -0.354 e. The van der Waals surface area contributed by atoms with Gasteiger partial charge in [-0.1, -0.05) is 11.2 Å². The Balaban J connectivity index is 1.65. The summed E-state index contributed by atoms with van der Waals surface area (Å²) >= 11 is 0. The lowest BCUT2D eigenvalue weighted by atomic mass is 10.2. The highest BCUT2D eigenvalue weighted by atomic mass is 16.5. The summed E-state index contributed by atoms with van der Waals surface area (Å²) in [5, 5.41) is 13.0. The molecule has 0 N–H and O–H groups in total. The van der Waals surface area contributed by atoms with Gasteiger partial charge in [0.2, 0.25) is 5.89 Å². The molecule has 7 heteroatoms. The Hall–Kier alpha value is -2.46. The van der Waals surface area contributed by atoms with Gasteiger partial charge < -0.3 is 9.42 Å². The molecule has 0 aromatic carbocycles. The predicted octanol–water partition coefficient (Wildman–Crippen LogP) is 1.84.